The van der Waals surface area contributed by atoms with Gasteiger partial charge in [0, 0.05) is 22.9 Å². The highest BCUT2D eigenvalue weighted by Gasteiger charge is 2.22. The Morgan fingerprint density at radius 3 is 2.15 bits per heavy atom. The summed E-state index contributed by atoms with van der Waals surface area (Å²) in [6, 6.07) is 7.82. The molecular weight excluding hydrogens is 359 g/mol. The Morgan fingerprint density at radius 1 is 1.08 bits per heavy atom. The molecule has 0 unspecified atom stereocenters. The van der Waals surface area contributed by atoms with Crippen LogP contribution in [0.2, 0.25) is 0 Å². The summed E-state index contributed by atoms with van der Waals surface area (Å²) in [7, 11) is -4.17. The zero-order valence-electron chi connectivity index (χ0n) is 14.9. The summed E-state index contributed by atoms with van der Waals surface area (Å²) in [4.78, 5) is 11.4. The SMILES string of the molecule is Cc1cc(S(=O)(=O)Nc2ccc(NC(=O)C(C)(C)C)cc2)c(F)cc1O. The fraction of sp³-hybridized carbons (Fsp3) is 0.278. The molecule has 6 nitrogen and oxygen atoms in total. The van der Waals surface area contributed by atoms with Gasteiger partial charge in [-0.15, -0.1) is 0 Å². The fourth-order valence-electron chi connectivity index (χ4n) is 2.00. The van der Waals surface area contributed by atoms with Crippen molar-refractivity contribution in [2.24, 2.45) is 5.41 Å². The number of aryl methyl sites for hydroxylation is 1. The van der Waals surface area contributed by atoms with E-state index in [-0.39, 0.29) is 22.9 Å². The van der Waals surface area contributed by atoms with Crippen LogP contribution in [0, 0.1) is 18.2 Å². The number of hydrogen-bond acceptors (Lipinski definition) is 4. The molecule has 26 heavy (non-hydrogen) atoms. The van der Waals surface area contributed by atoms with E-state index < -0.39 is 26.2 Å². The molecule has 0 aromatic heterocycles. The molecule has 2 aromatic carbocycles. The third kappa shape index (κ3) is 4.51. The van der Waals surface area contributed by atoms with Crippen molar-refractivity contribution in [2.45, 2.75) is 32.6 Å². The molecule has 0 radical (unpaired) electrons. The topological polar surface area (TPSA) is 95.5 Å². The Kier molecular flexibility index (Phi) is 5.27. The number of nitrogens with one attached hydrogen (secondary N) is 2. The van der Waals surface area contributed by atoms with Crippen LogP contribution in [0.4, 0.5) is 15.8 Å². The van der Waals surface area contributed by atoms with Crippen molar-refractivity contribution >= 4 is 27.3 Å². The highest BCUT2D eigenvalue weighted by atomic mass is 32.2. The second-order valence-corrected chi connectivity index (χ2v) is 8.61. The van der Waals surface area contributed by atoms with Crippen LogP contribution in [0.3, 0.4) is 0 Å². The average Bonchev–Trinajstić information content (AvgIpc) is 2.51. The minimum Gasteiger partial charge on any atom is -0.508 e. The molecule has 8 heteroatoms. The lowest BCUT2D eigenvalue weighted by atomic mass is 9.95. The Morgan fingerprint density at radius 2 is 1.62 bits per heavy atom. The van der Waals surface area contributed by atoms with Gasteiger partial charge >= 0.3 is 0 Å². The predicted molar refractivity (Wildman–Crippen MR) is 98.1 cm³/mol. The summed E-state index contributed by atoms with van der Waals surface area (Å²) in [5.74, 6) is -1.54. The lowest BCUT2D eigenvalue weighted by Crippen LogP contribution is -2.27. The molecule has 0 saturated heterocycles. The first-order chi connectivity index (χ1) is 11.9. The molecule has 3 N–H and O–H groups in total. The molecule has 1 amide bonds. The van der Waals surface area contributed by atoms with Crippen LogP contribution in [0.1, 0.15) is 26.3 Å². The van der Waals surface area contributed by atoms with E-state index in [1.165, 1.54) is 19.1 Å². The summed E-state index contributed by atoms with van der Waals surface area (Å²) in [5, 5.41) is 12.2. The van der Waals surface area contributed by atoms with Gasteiger partial charge in [-0.05, 0) is 42.8 Å². The minimum atomic E-state index is -4.17. The molecule has 0 spiro atoms. The molecule has 0 aliphatic rings. The quantitative estimate of drug-likeness (QED) is 0.755. The number of benzene rings is 2. The summed E-state index contributed by atoms with van der Waals surface area (Å²) < 4.78 is 40.9. The number of halogens is 1. The van der Waals surface area contributed by atoms with Gasteiger partial charge in [0.25, 0.3) is 10.0 Å². The molecule has 0 bridgehead atoms. The lowest BCUT2D eigenvalue weighted by molar-refractivity contribution is -0.123. The van der Waals surface area contributed by atoms with Crippen molar-refractivity contribution in [3.63, 3.8) is 0 Å². The molecule has 140 valence electrons. The maximum Gasteiger partial charge on any atom is 0.264 e. The average molecular weight is 380 g/mol. The summed E-state index contributed by atoms with van der Waals surface area (Å²) in [5.41, 5.74) is 0.407. The normalized spacial score (nSPS) is 11.9. The first-order valence-corrected chi connectivity index (χ1v) is 9.32. The van der Waals surface area contributed by atoms with Crippen LogP contribution in [0.25, 0.3) is 0 Å². The largest absolute Gasteiger partial charge is 0.508 e. The van der Waals surface area contributed by atoms with Crippen molar-refractivity contribution < 1.29 is 22.7 Å². The van der Waals surface area contributed by atoms with Gasteiger partial charge in [-0.25, -0.2) is 12.8 Å². The van der Waals surface area contributed by atoms with Crippen LogP contribution >= 0.6 is 0 Å². The van der Waals surface area contributed by atoms with E-state index in [9.17, 15) is 22.7 Å². The Balaban J connectivity index is 2.21. The van der Waals surface area contributed by atoms with Gasteiger partial charge in [0.05, 0.1) is 0 Å². The number of rotatable bonds is 4. The van der Waals surface area contributed by atoms with Gasteiger partial charge in [0.1, 0.15) is 16.5 Å². The number of carbonyl (C=O) groups is 1. The van der Waals surface area contributed by atoms with Crippen LogP contribution < -0.4 is 10.0 Å². The van der Waals surface area contributed by atoms with E-state index in [1.54, 1.807) is 32.9 Å². The van der Waals surface area contributed by atoms with Gasteiger partial charge in [-0.3, -0.25) is 9.52 Å². The maximum atomic E-state index is 13.9. The number of anilines is 2. The third-order valence-corrected chi connectivity index (χ3v) is 5.01. The number of sulfonamides is 1. The van der Waals surface area contributed by atoms with E-state index in [0.717, 1.165) is 12.1 Å². The number of amides is 1. The van der Waals surface area contributed by atoms with Crippen molar-refractivity contribution in [1.29, 1.82) is 0 Å². The smallest absolute Gasteiger partial charge is 0.264 e. The van der Waals surface area contributed by atoms with Crippen molar-refractivity contribution in [3.8, 4) is 5.75 Å². The lowest BCUT2D eigenvalue weighted by Gasteiger charge is -2.18. The van der Waals surface area contributed by atoms with Crippen molar-refractivity contribution in [3.05, 3.63) is 47.8 Å². The molecule has 0 aliphatic carbocycles. The van der Waals surface area contributed by atoms with Gasteiger partial charge < -0.3 is 10.4 Å². The monoisotopic (exact) mass is 380 g/mol. The molecule has 0 heterocycles. The molecule has 2 rings (SSSR count). The fourth-order valence-corrected chi connectivity index (χ4v) is 3.20. The highest BCUT2D eigenvalue weighted by Crippen LogP contribution is 2.26. The van der Waals surface area contributed by atoms with Gasteiger partial charge in [0.15, 0.2) is 0 Å². The van der Waals surface area contributed by atoms with Crippen LogP contribution in [0.15, 0.2) is 41.3 Å². The first-order valence-electron chi connectivity index (χ1n) is 7.83. The Bertz CT molecular complexity index is 933. The minimum absolute atomic E-state index is 0.174. The molecule has 0 fully saturated rings. The van der Waals surface area contributed by atoms with E-state index >= 15 is 0 Å². The first kappa shape index (κ1) is 19.7. The Labute approximate surface area is 152 Å². The number of carbonyl (C=O) groups excluding carboxylic acids is 1. The molecule has 0 saturated carbocycles. The summed E-state index contributed by atoms with van der Waals surface area (Å²) >= 11 is 0. The van der Waals surface area contributed by atoms with E-state index in [4.69, 9.17) is 0 Å². The molecule has 0 aliphatic heterocycles. The van der Waals surface area contributed by atoms with Gasteiger partial charge in [-0.1, -0.05) is 20.8 Å². The van der Waals surface area contributed by atoms with Crippen LogP contribution in [-0.2, 0) is 14.8 Å². The van der Waals surface area contributed by atoms with Gasteiger partial charge in [0.2, 0.25) is 5.91 Å². The van der Waals surface area contributed by atoms with E-state index in [1.807, 2.05) is 0 Å². The van der Waals surface area contributed by atoms with Crippen molar-refractivity contribution in [2.75, 3.05) is 10.0 Å². The van der Waals surface area contributed by atoms with Crippen molar-refractivity contribution in [1.82, 2.24) is 0 Å². The summed E-state index contributed by atoms with van der Waals surface area (Å²) in [6.45, 7) is 6.80. The van der Waals surface area contributed by atoms with Crippen LogP contribution in [-0.4, -0.2) is 19.4 Å². The number of phenols is 1. The molecule has 2 aromatic rings. The zero-order chi connectivity index (χ0) is 19.7. The summed E-state index contributed by atoms with van der Waals surface area (Å²) in [6.07, 6.45) is 0. The molecule has 0 atom stereocenters. The van der Waals surface area contributed by atoms with E-state index in [2.05, 4.69) is 10.0 Å². The molecular formula is C18H21FN2O4S. The van der Waals surface area contributed by atoms with E-state index in [0.29, 0.717) is 5.69 Å². The predicted octanol–water partition coefficient (Wildman–Crippen LogP) is 3.63. The standard InChI is InChI=1S/C18H21FN2O4S/c1-11-9-16(14(19)10-15(11)22)26(24,25)21-13-7-5-12(6-8-13)20-17(23)18(2,3)4/h5-10,21-22H,1-4H3,(H,20,23). The highest BCUT2D eigenvalue weighted by molar-refractivity contribution is 7.92. The number of hydrogen-bond donors (Lipinski definition) is 3. The van der Waals surface area contributed by atoms with Crippen LogP contribution in [0.5, 0.6) is 5.75 Å². The third-order valence-electron chi connectivity index (χ3n) is 3.62. The van der Waals surface area contributed by atoms with Gasteiger partial charge in [-0.2, -0.15) is 0 Å². The maximum absolute atomic E-state index is 13.9. The second-order valence-electron chi connectivity index (χ2n) is 6.96. The Hall–Kier alpha value is -2.61. The number of phenolic OH excluding ortho intramolecular Hbond substituents is 1. The second kappa shape index (κ2) is 6.95. The zero-order valence-corrected chi connectivity index (χ0v) is 15.7. The number of aromatic hydroxyl groups is 1.